The van der Waals surface area contributed by atoms with Gasteiger partial charge < -0.3 is 15.5 Å². The molecule has 146 valence electrons. The van der Waals surface area contributed by atoms with Crippen LogP contribution in [0.15, 0.2) is 100 Å². The molecular weight excluding hydrogens is 392 g/mol. The molecule has 2 aliphatic rings. The quantitative estimate of drug-likeness (QED) is 0.620. The Kier molecular flexibility index (Phi) is 4.88. The van der Waals surface area contributed by atoms with E-state index in [9.17, 15) is 20.7 Å². The summed E-state index contributed by atoms with van der Waals surface area (Å²) in [5.41, 5.74) is 1.46. The summed E-state index contributed by atoms with van der Waals surface area (Å²) in [4.78, 5) is -0.578. The molecule has 0 amide bonds. The number of nitrogens with zero attached hydrogens (tertiary/aromatic N) is 2. The molecule has 4 rings (SSSR count). The van der Waals surface area contributed by atoms with E-state index in [0.717, 1.165) is 10.6 Å². The van der Waals surface area contributed by atoms with Crippen molar-refractivity contribution in [1.82, 2.24) is 5.06 Å². The summed E-state index contributed by atoms with van der Waals surface area (Å²) in [5, 5.41) is 47.8. The van der Waals surface area contributed by atoms with Gasteiger partial charge in [0.2, 0.25) is 5.71 Å². The second-order valence-corrected chi connectivity index (χ2v) is 6.98. The van der Waals surface area contributed by atoms with E-state index in [4.69, 9.17) is 11.6 Å². The molecule has 1 aliphatic carbocycles. The number of hydroxylamine groups is 2. The molecule has 1 unspecified atom stereocenters. The zero-order valence-corrected chi connectivity index (χ0v) is 15.8. The molecule has 1 N–H and O–H groups in total. The van der Waals surface area contributed by atoms with Gasteiger partial charge in [0.25, 0.3) is 0 Å². The van der Waals surface area contributed by atoms with Crippen molar-refractivity contribution in [3.05, 3.63) is 122 Å². The van der Waals surface area contributed by atoms with E-state index in [0.29, 0.717) is 5.56 Å². The first kappa shape index (κ1) is 18.9. The van der Waals surface area contributed by atoms with E-state index in [-0.39, 0.29) is 33.3 Å². The monoisotopic (exact) mass is 406 g/mol. The van der Waals surface area contributed by atoms with Gasteiger partial charge in [-0.1, -0.05) is 78.0 Å². The van der Waals surface area contributed by atoms with Crippen molar-refractivity contribution >= 4 is 23.4 Å². The van der Waals surface area contributed by atoms with Gasteiger partial charge in [0.1, 0.15) is 0 Å². The first-order valence-corrected chi connectivity index (χ1v) is 9.17. The van der Waals surface area contributed by atoms with E-state index in [2.05, 4.69) is 0 Å². The number of hydrogen-bond acceptors (Lipinski definition) is 5. The molecule has 1 aliphatic heterocycles. The van der Waals surface area contributed by atoms with E-state index in [1.807, 2.05) is 30.3 Å². The SMILES string of the molecule is [O-]C1=C2C=C(C(Cl)=Cc3ccccc3)C(=[N+]([O-])[O-])C=C2N(O)C1c1ccccc1. The number of benzene rings is 2. The molecule has 29 heavy (non-hydrogen) atoms. The highest BCUT2D eigenvalue weighted by atomic mass is 35.5. The van der Waals surface area contributed by atoms with Crippen molar-refractivity contribution < 1.29 is 15.2 Å². The minimum absolute atomic E-state index is 0.0866. The lowest BCUT2D eigenvalue weighted by Crippen LogP contribution is -2.25. The standard InChI is InChI=1S/C22H16ClN2O4/c23-18(11-14-7-3-1-4-8-14)16-12-17-19(13-20(16)25(28)29)24(27)21(22(17)26)15-9-5-2-6-10-15/h1-13,21,27H,(H-,26,28,29)/q-1/p-1. The van der Waals surface area contributed by atoms with Crippen molar-refractivity contribution in [3.8, 4) is 0 Å². The van der Waals surface area contributed by atoms with Crippen LogP contribution in [0.25, 0.3) is 6.08 Å². The van der Waals surface area contributed by atoms with Crippen molar-refractivity contribution in [2.24, 2.45) is 0 Å². The molecule has 0 spiro atoms. The van der Waals surface area contributed by atoms with Crippen LogP contribution in [-0.4, -0.2) is 20.9 Å². The van der Waals surface area contributed by atoms with Gasteiger partial charge in [-0.15, -0.1) is 0 Å². The van der Waals surface area contributed by atoms with Crippen LogP contribution in [0.3, 0.4) is 0 Å². The lowest BCUT2D eigenvalue weighted by Gasteiger charge is -2.26. The molecule has 6 nitrogen and oxygen atoms in total. The van der Waals surface area contributed by atoms with Crippen molar-refractivity contribution in [2.75, 3.05) is 0 Å². The minimum atomic E-state index is -0.960. The van der Waals surface area contributed by atoms with Crippen LogP contribution in [0.2, 0.25) is 0 Å². The Morgan fingerprint density at radius 1 is 1.00 bits per heavy atom. The maximum absolute atomic E-state index is 13.0. The molecule has 0 bridgehead atoms. The Labute approximate surface area is 172 Å². The first-order valence-electron chi connectivity index (χ1n) is 8.79. The summed E-state index contributed by atoms with van der Waals surface area (Å²) in [6.45, 7) is 0. The van der Waals surface area contributed by atoms with Crippen molar-refractivity contribution in [3.63, 3.8) is 0 Å². The largest absolute Gasteiger partial charge is 0.873 e. The normalized spacial score (nSPS) is 19.1. The maximum atomic E-state index is 13.0. The average molecular weight is 407 g/mol. The molecule has 1 heterocycles. The highest BCUT2D eigenvalue weighted by Gasteiger charge is 2.35. The number of fused-ring (bicyclic) bond motifs is 1. The zero-order chi connectivity index (χ0) is 20.5. The number of halogens is 1. The Balaban J connectivity index is 1.83. The van der Waals surface area contributed by atoms with Crippen LogP contribution in [0.5, 0.6) is 0 Å². The highest BCUT2D eigenvalue weighted by molar-refractivity contribution is 6.38. The van der Waals surface area contributed by atoms with Gasteiger partial charge in [0, 0.05) is 6.08 Å². The molecule has 0 saturated carbocycles. The molecule has 0 radical (unpaired) electrons. The van der Waals surface area contributed by atoms with Gasteiger partial charge >= 0.3 is 0 Å². The Bertz CT molecular complexity index is 1100. The molecule has 7 heteroatoms. The van der Waals surface area contributed by atoms with Gasteiger partial charge in [-0.25, -0.2) is 5.06 Å². The third-order valence-electron chi connectivity index (χ3n) is 4.78. The predicted molar refractivity (Wildman–Crippen MR) is 108 cm³/mol. The van der Waals surface area contributed by atoms with E-state index >= 15 is 0 Å². The third-order valence-corrected chi connectivity index (χ3v) is 5.09. The van der Waals surface area contributed by atoms with Crippen LogP contribution in [0.4, 0.5) is 0 Å². The van der Waals surface area contributed by atoms with Crippen molar-refractivity contribution in [1.29, 1.82) is 0 Å². The summed E-state index contributed by atoms with van der Waals surface area (Å²) >= 11 is 6.40. The Hall–Kier alpha value is -3.48. The highest BCUT2D eigenvalue weighted by Crippen LogP contribution is 2.43. The van der Waals surface area contributed by atoms with Gasteiger partial charge in [0.05, 0.1) is 22.3 Å². The second kappa shape index (κ2) is 7.50. The average Bonchev–Trinajstić information content (AvgIpc) is 2.98. The molecule has 1 atom stereocenters. The Morgan fingerprint density at radius 3 is 2.24 bits per heavy atom. The van der Waals surface area contributed by atoms with Crippen molar-refractivity contribution in [2.45, 2.75) is 6.04 Å². The first-order chi connectivity index (χ1) is 14.0. The summed E-state index contributed by atoms with van der Waals surface area (Å²) in [7, 11) is 0. The fraction of sp³-hybridized carbons (Fsp3) is 0.0455. The summed E-state index contributed by atoms with van der Waals surface area (Å²) in [5.74, 6) is -0.353. The summed E-state index contributed by atoms with van der Waals surface area (Å²) < 4.78 is 0. The summed E-state index contributed by atoms with van der Waals surface area (Å²) in [6, 6.07) is 16.9. The van der Waals surface area contributed by atoms with Crippen LogP contribution in [0, 0.1) is 10.4 Å². The lowest BCUT2D eigenvalue weighted by molar-refractivity contribution is -0.377. The molecule has 0 aromatic heterocycles. The second-order valence-electron chi connectivity index (χ2n) is 6.57. The van der Waals surface area contributed by atoms with E-state index < -0.39 is 10.9 Å². The van der Waals surface area contributed by atoms with Gasteiger partial charge in [-0.2, -0.15) is 4.90 Å². The Morgan fingerprint density at radius 2 is 1.62 bits per heavy atom. The topological polar surface area (TPSA) is 95.7 Å². The molecule has 2 aromatic carbocycles. The van der Waals surface area contributed by atoms with Gasteiger partial charge in [-0.3, -0.25) is 5.21 Å². The van der Waals surface area contributed by atoms with Crippen LogP contribution < -0.4 is 5.11 Å². The minimum Gasteiger partial charge on any atom is -0.873 e. The fourth-order valence-electron chi connectivity index (χ4n) is 3.41. The van der Waals surface area contributed by atoms with E-state index in [1.54, 1.807) is 36.4 Å². The number of hydrogen-bond donors (Lipinski definition) is 1. The van der Waals surface area contributed by atoms with Crippen LogP contribution >= 0.6 is 11.6 Å². The third kappa shape index (κ3) is 3.40. The molecule has 0 fully saturated rings. The van der Waals surface area contributed by atoms with Gasteiger partial charge in [0.15, 0.2) is 0 Å². The number of allylic oxidation sites excluding steroid dienone is 4. The summed E-state index contributed by atoms with van der Waals surface area (Å²) in [6.07, 6.45) is 4.16. The molecule has 2 aromatic rings. The number of rotatable bonds is 3. The molecule has 0 saturated heterocycles. The lowest BCUT2D eigenvalue weighted by atomic mass is 9.96. The zero-order valence-electron chi connectivity index (χ0n) is 15.0. The van der Waals surface area contributed by atoms with Crippen LogP contribution in [0.1, 0.15) is 17.2 Å². The van der Waals surface area contributed by atoms with Crippen LogP contribution in [-0.2, 0) is 0 Å². The smallest absolute Gasteiger partial charge is 0.233 e. The maximum Gasteiger partial charge on any atom is 0.233 e. The fourth-order valence-corrected chi connectivity index (χ4v) is 3.68. The predicted octanol–water partition coefficient (Wildman–Crippen LogP) is 3.60. The van der Waals surface area contributed by atoms with E-state index in [1.165, 1.54) is 12.2 Å². The van der Waals surface area contributed by atoms with Gasteiger partial charge in [-0.05, 0) is 28.9 Å². The molecular formula is C22H15ClN2O4-2.